The van der Waals surface area contributed by atoms with Gasteiger partial charge in [-0.1, -0.05) is 48.4 Å². The standard InChI is InChI=1S/C21H26ClFN2O3S/c1-4-20(21(26)24-13-5-6-16-9-7-15(2)8-10-16)25(29(3,27)28)17-11-12-19(23)18(22)14-17/h7-12,14,20H,4-6,13H2,1-3H3,(H,24,26)/t20-/m0/s1. The van der Waals surface area contributed by atoms with Gasteiger partial charge in [-0.05, 0) is 49.9 Å². The topological polar surface area (TPSA) is 66.5 Å². The van der Waals surface area contributed by atoms with Gasteiger partial charge in [0.2, 0.25) is 15.9 Å². The summed E-state index contributed by atoms with van der Waals surface area (Å²) in [6.45, 7) is 4.17. The first-order chi connectivity index (χ1) is 13.6. The highest BCUT2D eigenvalue weighted by molar-refractivity contribution is 7.92. The average Bonchev–Trinajstić information content (AvgIpc) is 2.66. The molecule has 0 bridgehead atoms. The maximum absolute atomic E-state index is 13.5. The summed E-state index contributed by atoms with van der Waals surface area (Å²) in [5.41, 5.74) is 2.52. The predicted molar refractivity (Wildman–Crippen MR) is 115 cm³/mol. The second kappa shape index (κ2) is 10.1. The first-order valence-corrected chi connectivity index (χ1v) is 11.6. The summed E-state index contributed by atoms with van der Waals surface area (Å²) in [5, 5.41) is 2.61. The third-order valence-electron chi connectivity index (χ3n) is 4.55. The van der Waals surface area contributed by atoms with E-state index >= 15 is 0 Å². The van der Waals surface area contributed by atoms with Crippen LogP contribution in [-0.4, -0.2) is 33.2 Å². The smallest absolute Gasteiger partial charge is 0.243 e. The fourth-order valence-electron chi connectivity index (χ4n) is 3.06. The number of carbonyl (C=O) groups excluding carboxylic acids is 1. The van der Waals surface area contributed by atoms with Crippen molar-refractivity contribution in [2.24, 2.45) is 0 Å². The van der Waals surface area contributed by atoms with Gasteiger partial charge in [-0.3, -0.25) is 9.10 Å². The Bertz CT molecular complexity index is 949. The molecule has 158 valence electrons. The van der Waals surface area contributed by atoms with Crippen molar-refractivity contribution in [1.82, 2.24) is 5.32 Å². The molecule has 0 spiro atoms. The van der Waals surface area contributed by atoms with E-state index in [1.54, 1.807) is 6.92 Å². The average molecular weight is 441 g/mol. The molecule has 0 aliphatic heterocycles. The molecule has 0 saturated carbocycles. The summed E-state index contributed by atoms with van der Waals surface area (Å²) in [4.78, 5) is 12.7. The number of aryl methyl sites for hydroxylation is 2. The van der Waals surface area contributed by atoms with Crippen LogP contribution in [0.5, 0.6) is 0 Å². The van der Waals surface area contributed by atoms with Crippen LogP contribution in [0, 0.1) is 12.7 Å². The lowest BCUT2D eigenvalue weighted by Crippen LogP contribution is -2.49. The second-order valence-corrected chi connectivity index (χ2v) is 9.23. The van der Waals surface area contributed by atoms with Gasteiger partial charge in [0.05, 0.1) is 17.0 Å². The van der Waals surface area contributed by atoms with E-state index in [1.807, 2.05) is 19.1 Å². The van der Waals surface area contributed by atoms with Gasteiger partial charge in [0, 0.05) is 6.54 Å². The Hall–Kier alpha value is -2.12. The van der Waals surface area contributed by atoms with Gasteiger partial charge in [0.25, 0.3) is 0 Å². The highest BCUT2D eigenvalue weighted by Gasteiger charge is 2.31. The molecule has 8 heteroatoms. The molecular formula is C21H26ClFN2O3S. The number of rotatable bonds is 9. The summed E-state index contributed by atoms with van der Waals surface area (Å²) in [7, 11) is -3.79. The minimum atomic E-state index is -3.79. The van der Waals surface area contributed by atoms with Gasteiger partial charge in [-0.15, -0.1) is 0 Å². The Labute approximate surface area is 176 Å². The van der Waals surface area contributed by atoms with Crippen LogP contribution < -0.4 is 9.62 Å². The molecule has 0 aliphatic carbocycles. The number of sulfonamides is 1. The number of carbonyl (C=O) groups is 1. The van der Waals surface area contributed by atoms with Crippen molar-refractivity contribution in [1.29, 1.82) is 0 Å². The van der Waals surface area contributed by atoms with E-state index < -0.39 is 27.8 Å². The monoisotopic (exact) mass is 440 g/mol. The molecule has 0 radical (unpaired) electrons. The zero-order valence-corrected chi connectivity index (χ0v) is 18.4. The molecule has 29 heavy (non-hydrogen) atoms. The third-order valence-corrected chi connectivity index (χ3v) is 6.02. The fraction of sp³-hybridized carbons (Fsp3) is 0.381. The Balaban J connectivity index is 2.07. The Kier molecular flexibility index (Phi) is 8.05. The predicted octanol–water partition coefficient (Wildman–Crippen LogP) is 4.08. The van der Waals surface area contributed by atoms with Crippen LogP contribution in [0.4, 0.5) is 10.1 Å². The molecule has 0 fully saturated rings. The number of benzene rings is 2. The summed E-state index contributed by atoms with van der Waals surface area (Å²) < 4.78 is 39.3. The van der Waals surface area contributed by atoms with Crippen molar-refractivity contribution in [3.8, 4) is 0 Å². The quantitative estimate of drug-likeness (QED) is 0.597. The van der Waals surface area contributed by atoms with Gasteiger partial charge in [0.1, 0.15) is 11.9 Å². The number of nitrogens with zero attached hydrogens (tertiary/aromatic N) is 1. The lowest BCUT2D eigenvalue weighted by Gasteiger charge is -2.30. The van der Waals surface area contributed by atoms with Crippen molar-refractivity contribution in [3.05, 3.63) is 64.4 Å². The first-order valence-electron chi connectivity index (χ1n) is 9.41. The highest BCUT2D eigenvalue weighted by atomic mass is 35.5. The van der Waals surface area contributed by atoms with E-state index in [0.717, 1.165) is 29.5 Å². The number of hydrogen-bond acceptors (Lipinski definition) is 3. The molecule has 2 aromatic carbocycles. The Morgan fingerprint density at radius 1 is 1.21 bits per heavy atom. The molecule has 0 saturated heterocycles. The van der Waals surface area contributed by atoms with E-state index in [-0.39, 0.29) is 17.1 Å². The lowest BCUT2D eigenvalue weighted by molar-refractivity contribution is -0.122. The van der Waals surface area contributed by atoms with E-state index in [2.05, 4.69) is 17.4 Å². The first kappa shape index (κ1) is 23.2. The SMILES string of the molecule is CC[C@@H](C(=O)NCCCc1ccc(C)cc1)N(c1ccc(F)c(Cl)c1)S(C)(=O)=O. The maximum atomic E-state index is 13.5. The minimum Gasteiger partial charge on any atom is -0.354 e. The molecule has 0 aliphatic rings. The van der Waals surface area contributed by atoms with Crippen molar-refractivity contribution in [2.45, 2.75) is 39.2 Å². The molecule has 0 heterocycles. The van der Waals surface area contributed by atoms with Crippen LogP contribution >= 0.6 is 11.6 Å². The van der Waals surface area contributed by atoms with E-state index in [9.17, 15) is 17.6 Å². The molecule has 5 nitrogen and oxygen atoms in total. The molecular weight excluding hydrogens is 415 g/mol. The van der Waals surface area contributed by atoms with E-state index in [0.29, 0.717) is 6.54 Å². The number of anilines is 1. The largest absolute Gasteiger partial charge is 0.354 e. The van der Waals surface area contributed by atoms with Crippen molar-refractivity contribution >= 4 is 33.2 Å². The Morgan fingerprint density at radius 2 is 1.86 bits per heavy atom. The van der Waals surface area contributed by atoms with Gasteiger partial charge >= 0.3 is 0 Å². The highest BCUT2D eigenvalue weighted by Crippen LogP contribution is 2.27. The number of nitrogens with one attached hydrogen (secondary N) is 1. The molecule has 1 atom stereocenters. The van der Waals surface area contributed by atoms with E-state index in [4.69, 9.17) is 11.6 Å². The third kappa shape index (κ3) is 6.44. The zero-order valence-electron chi connectivity index (χ0n) is 16.8. The molecule has 0 aromatic heterocycles. The van der Waals surface area contributed by atoms with Gasteiger partial charge in [-0.25, -0.2) is 12.8 Å². The van der Waals surface area contributed by atoms with Gasteiger partial charge < -0.3 is 5.32 Å². The van der Waals surface area contributed by atoms with Crippen molar-refractivity contribution in [3.63, 3.8) is 0 Å². The van der Waals surface area contributed by atoms with Crippen LogP contribution in [0.2, 0.25) is 5.02 Å². The van der Waals surface area contributed by atoms with Crippen LogP contribution in [0.25, 0.3) is 0 Å². The second-order valence-electron chi connectivity index (χ2n) is 6.96. The van der Waals surface area contributed by atoms with Gasteiger partial charge in [-0.2, -0.15) is 0 Å². The number of amides is 1. The summed E-state index contributed by atoms with van der Waals surface area (Å²) >= 11 is 5.81. The molecule has 2 rings (SSSR count). The number of halogens is 2. The summed E-state index contributed by atoms with van der Waals surface area (Å²) in [5.74, 6) is -1.06. The zero-order chi connectivity index (χ0) is 21.6. The van der Waals surface area contributed by atoms with Crippen LogP contribution in [0.3, 0.4) is 0 Å². The number of hydrogen-bond donors (Lipinski definition) is 1. The normalized spacial score (nSPS) is 12.4. The van der Waals surface area contributed by atoms with Crippen LogP contribution in [0.1, 0.15) is 30.9 Å². The summed E-state index contributed by atoms with van der Waals surface area (Å²) in [6.07, 6.45) is 2.80. The minimum absolute atomic E-state index is 0.153. The maximum Gasteiger partial charge on any atom is 0.243 e. The van der Waals surface area contributed by atoms with Crippen LogP contribution in [-0.2, 0) is 21.2 Å². The molecule has 1 amide bonds. The van der Waals surface area contributed by atoms with Crippen molar-refractivity contribution < 1.29 is 17.6 Å². The van der Waals surface area contributed by atoms with E-state index in [1.165, 1.54) is 23.3 Å². The molecule has 2 aromatic rings. The molecule has 0 unspecified atom stereocenters. The summed E-state index contributed by atoms with van der Waals surface area (Å²) in [6, 6.07) is 10.8. The lowest BCUT2D eigenvalue weighted by atomic mass is 10.1. The van der Waals surface area contributed by atoms with Crippen molar-refractivity contribution in [2.75, 3.05) is 17.1 Å². The van der Waals surface area contributed by atoms with Crippen LogP contribution in [0.15, 0.2) is 42.5 Å². The van der Waals surface area contributed by atoms with Gasteiger partial charge in [0.15, 0.2) is 0 Å². The molecule has 1 N–H and O–H groups in total. The Morgan fingerprint density at radius 3 is 2.41 bits per heavy atom. The fourth-order valence-corrected chi connectivity index (χ4v) is 4.44.